The SMILES string of the molecule is O=C1OCCOC(=O)c2ccc1cc2C(=O)O.O=CC=O. The number of hydrogen-bond acceptors (Lipinski definition) is 7. The minimum absolute atomic E-state index is 0.0502. The van der Waals surface area contributed by atoms with E-state index in [-0.39, 0.29) is 42.5 Å². The second-order valence-electron chi connectivity index (χ2n) is 3.61. The van der Waals surface area contributed by atoms with Crippen molar-refractivity contribution in [3.63, 3.8) is 0 Å². The lowest BCUT2D eigenvalue weighted by Crippen LogP contribution is -2.19. The fraction of sp³-hybridized carbons (Fsp3) is 0.154. The largest absolute Gasteiger partial charge is 0.478 e. The highest BCUT2D eigenvalue weighted by molar-refractivity contribution is 6.09. The van der Waals surface area contributed by atoms with Crippen molar-refractivity contribution in [3.05, 3.63) is 34.9 Å². The van der Waals surface area contributed by atoms with Crippen molar-refractivity contribution in [1.29, 1.82) is 0 Å². The molecule has 1 aromatic carbocycles. The van der Waals surface area contributed by atoms with Crippen LogP contribution in [0.4, 0.5) is 0 Å². The van der Waals surface area contributed by atoms with Gasteiger partial charge in [-0.2, -0.15) is 0 Å². The first-order valence-corrected chi connectivity index (χ1v) is 5.61. The van der Waals surface area contributed by atoms with Crippen LogP contribution in [0.2, 0.25) is 0 Å². The van der Waals surface area contributed by atoms with Crippen LogP contribution in [-0.4, -0.2) is 48.8 Å². The maximum absolute atomic E-state index is 11.5. The van der Waals surface area contributed by atoms with E-state index in [1.54, 1.807) is 0 Å². The Morgan fingerprint density at radius 1 is 1.05 bits per heavy atom. The van der Waals surface area contributed by atoms with Crippen LogP contribution >= 0.6 is 0 Å². The van der Waals surface area contributed by atoms with Crippen molar-refractivity contribution >= 4 is 30.5 Å². The van der Waals surface area contributed by atoms with E-state index in [4.69, 9.17) is 24.2 Å². The summed E-state index contributed by atoms with van der Waals surface area (Å²) in [6.07, 6.45) is 0.389. The molecular weight excluding hydrogens is 284 g/mol. The zero-order valence-electron chi connectivity index (χ0n) is 10.6. The lowest BCUT2D eigenvalue weighted by atomic mass is 10.0. The molecule has 0 aromatic heterocycles. The number of ether oxygens (including phenoxy) is 2. The van der Waals surface area contributed by atoms with Gasteiger partial charge in [-0.05, 0) is 18.2 Å². The molecule has 21 heavy (non-hydrogen) atoms. The molecular formula is C13H10O8. The number of fused-ring (bicyclic) bond motifs is 7. The van der Waals surface area contributed by atoms with Gasteiger partial charge in [-0.25, -0.2) is 14.4 Å². The molecule has 1 aromatic rings. The first-order valence-electron chi connectivity index (χ1n) is 5.61. The predicted octanol–water partition coefficient (Wildman–Crippen LogP) is 0.0962. The monoisotopic (exact) mass is 294 g/mol. The lowest BCUT2D eigenvalue weighted by Gasteiger charge is -2.12. The van der Waals surface area contributed by atoms with Crippen molar-refractivity contribution in [2.45, 2.75) is 0 Å². The molecule has 2 aliphatic rings. The Hall–Kier alpha value is -3.03. The van der Waals surface area contributed by atoms with E-state index in [9.17, 15) is 14.4 Å². The van der Waals surface area contributed by atoms with Crippen molar-refractivity contribution in [3.8, 4) is 0 Å². The summed E-state index contributed by atoms with van der Waals surface area (Å²) >= 11 is 0. The topological polar surface area (TPSA) is 124 Å². The normalized spacial score (nSPS) is 13.1. The van der Waals surface area contributed by atoms with Crippen LogP contribution in [0.25, 0.3) is 0 Å². The fourth-order valence-electron chi connectivity index (χ4n) is 1.46. The molecule has 8 nitrogen and oxygen atoms in total. The van der Waals surface area contributed by atoms with E-state index in [2.05, 4.69) is 0 Å². The third-order valence-corrected chi connectivity index (χ3v) is 2.31. The number of carbonyl (C=O) groups is 5. The number of aldehydes is 2. The molecule has 0 fully saturated rings. The van der Waals surface area contributed by atoms with E-state index >= 15 is 0 Å². The number of carbonyl (C=O) groups excluding carboxylic acids is 4. The molecule has 2 heterocycles. The van der Waals surface area contributed by atoms with Crippen LogP contribution in [0.3, 0.4) is 0 Å². The van der Waals surface area contributed by atoms with Crippen LogP contribution in [-0.2, 0) is 19.1 Å². The molecule has 3 rings (SSSR count). The molecule has 0 atom stereocenters. The zero-order valence-corrected chi connectivity index (χ0v) is 10.6. The van der Waals surface area contributed by atoms with E-state index in [0.717, 1.165) is 6.07 Å². The quantitative estimate of drug-likeness (QED) is 0.462. The maximum Gasteiger partial charge on any atom is 0.339 e. The molecule has 2 bridgehead atoms. The molecule has 2 aliphatic heterocycles. The average molecular weight is 294 g/mol. The highest BCUT2D eigenvalue weighted by Gasteiger charge is 2.22. The van der Waals surface area contributed by atoms with Gasteiger partial charge in [-0.15, -0.1) is 0 Å². The third-order valence-electron chi connectivity index (χ3n) is 2.31. The Morgan fingerprint density at radius 3 is 2.14 bits per heavy atom. The predicted molar refractivity (Wildman–Crippen MR) is 66.1 cm³/mol. The number of esters is 2. The number of rotatable bonds is 2. The number of benzene rings is 1. The van der Waals surface area contributed by atoms with E-state index in [0.29, 0.717) is 0 Å². The molecule has 0 radical (unpaired) electrons. The first-order chi connectivity index (χ1) is 10.0. The van der Waals surface area contributed by atoms with Gasteiger partial charge in [0.05, 0.1) is 16.7 Å². The smallest absolute Gasteiger partial charge is 0.339 e. The Morgan fingerprint density at radius 2 is 1.62 bits per heavy atom. The van der Waals surface area contributed by atoms with Gasteiger partial charge in [-0.1, -0.05) is 0 Å². The van der Waals surface area contributed by atoms with Crippen molar-refractivity contribution < 1.29 is 38.6 Å². The van der Waals surface area contributed by atoms with Crippen molar-refractivity contribution in [1.82, 2.24) is 0 Å². The summed E-state index contributed by atoms with van der Waals surface area (Å²) in [6.45, 7) is -0.145. The van der Waals surface area contributed by atoms with E-state index in [1.165, 1.54) is 12.1 Å². The molecule has 8 heteroatoms. The molecule has 0 spiro atoms. The van der Waals surface area contributed by atoms with Gasteiger partial charge in [0.25, 0.3) is 0 Å². The zero-order chi connectivity index (χ0) is 15.8. The van der Waals surface area contributed by atoms with Gasteiger partial charge < -0.3 is 14.6 Å². The summed E-state index contributed by atoms with van der Waals surface area (Å²) in [5.74, 6) is -2.68. The summed E-state index contributed by atoms with van der Waals surface area (Å²) in [6, 6.07) is 3.68. The van der Waals surface area contributed by atoms with Gasteiger partial charge in [0, 0.05) is 0 Å². The van der Waals surface area contributed by atoms with E-state index in [1.807, 2.05) is 0 Å². The summed E-state index contributed by atoms with van der Waals surface area (Å²) < 4.78 is 9.53. The van der Waals surface area contributed by atoms with Crippen LogP contribution in [0.5, 0.6) is 0 Å². The summed E-state index contributed by atoms with van der Waals surface area (Å²) in [7, 11) is 0. The first kappa shape index (κ1) is 16.0. The number of aromatic carboxylic acids is 1. The minimum atomic E-state index is -1.30. The molecule has 0 saturated heterocycles. The molecule has 1 N–H and O–H groups in total. The number of carboxylic acid groups (broad SMARTS) is 1. The van der Waals surface area contributed by atoms with Crippen LogP contribution < -0.4 is 0 Å². The Kier molecular flexibility index (Phi) is 5.75. The molecule has 0 amide bonds. The second kappa shape index (κ2) is 7.53. The van der Waals surface area contributed by atoms with E-state index < -0.39 is 17.9 Å². The minimum Gasteiger partial charge on any atom is -0.478 e. The standard InChI is InChI=1S/C11H8O6.C2H2O2/c12-9(13)8-5-6-1-2-7(8)11(15)17-4-3-16-10(6)14;3-1-2-4/h1-2,5H,3-4H2,(H,12,13);1-2H. The fourth-order valence-corrected chi connectivity index (χ4v) is 1.46. The number of carboxylic acids is 1. The molecule has 0 aliphatic carbocycles. The van der Waals surface area contributed by atoms with Gasteiger partial charge in [0.1, 0.15) is 13.2 Å². The maximum atomic E-state index is 11.5. The van der Waals surface area contributed by atoms with Crippen LogP contribution in [0.1, 0.15) is 31.1 Å². The Balaban J connectivity index is 0.000000491. The molecule has 0 unspecified atom stereocenters. The lowest BCUT2D eigenvalue weighted by molar-refractivity contribution is -0.122. The van der Waals surface area contributed by atoms with Gasteiger partial charge >= 0.3 is 17.9 Å². The summed E-state index contributed by atoms with van der Waals surface area (Å²) in [5.41, 5.74) is -0.247. The van der Waals surface area contributed by atoms with Crippen molar-refractivity contribution in [2.24, 2.45) is 0 Å². The van der Waals surface area contributed by atoms with Gasteiger partial charge in [0.2, 0.25) is 0 Å². The molecule has 0 saturated carbocycles. The molecule has 110 valence electrons. The summed E-state index contributed by atoms with van der Waals surface area (Å²) in [5, 5.41) is 8.95. The van der Waals surface area contributed by atoms with Crippen molar-refractivity contribution in [2.75, 3.05) is 13.2 Å². The summed E-state index contributed by atoms with van der Waals surface area (Å²) in [4.78, 5) is 51.5. The van der Waals surface area contributed by atoms with Crippen LogP contribution in [0, 0.1) is 0 Å². The van der Waals surface area contributed by atoms with Crippen LogP contribution in [0.15, 0.2) is 18.2 Å². The second-order valence-corrected chi connectivity index (χ2v) is 3.61. The average Bonchev–Trinajstić information content (AvgIpc) is 2.50. The number of hydrogen-bond donors (Lipinski definition) is 1. The van der Waals surface area contributed by atoms with Gasteiger partial charge in [0.15, 0.2) is 12.6 Å². The Labute approximate surface area is 118 Å². The third kappa shape index (κ3) is 4.23. The Bertz CT molecular complexity index is 584. The van der Waals surface area contributed by atoms with Gasteiger partial charge in [-0.3, -0.25) is 9.59 Å². The highest BCUT2D eigenvalue weighted by atomic mass is 16.6. The highest BCUT2D eigenvalue weighted by Crippen LogP contribution is 2.16.